The molecule has 1 nitrogen and oxygen atoms in total. The summed E-state index contributed by atoms with van der Waals surface area (Å²) in [6.07, 6.45) is 0. The average molecular weight is 311 g/mol. The van der Waals surface area contributed by atoms with Crippen LogP contribution in [0.2, 0.25) is 0 Å². The van der Waals surface area contributed by atoms with Crippen molar-refractivity contribution in [3.05, 3.63) is 26.3 Å². The zero-order chi connectivity index (χ0) is 8.72. The molecule has 0 saturated carbocycles. The van der Waals surface area contributed by atoms with E-state index in [1.807, 2.05) is 0 Å². The molecule has 0 spiro atoms. The van der Waals surface area contributed by atoms with E-state index in [2.05, 4.69) is 36.8 Å². The average Bonchev–Trinajstić information content (AvgIpc) is 2.39. The van der Waals surface area contributed by atoms with E-state index in [0.717, 1.165) is 14.1 Å². The fourth-order valence-corrected chi connectivity index (χ4v) is 2.88. The highest BCUT2D eigenvalue weighted by Crippen LogP contribution is 2.33. The van der Waals surface area contributed by atoms with Gasteiger partial charge in [-0.25, -0.2) is 9.37 Å². The number of halogens is 3. The van der Waals surface area contributed by atoms with Crippen LogP contribution in [0.1, 0.15) is 0 Å². The second kappa shape index (κ2) is 3.05. The summed E-state index contributed by atoms with van der Waals surface area (Å²) in [5.74, 6) is -0.251. The highest BCUT2D eigenvalue weighted by molar-refractivity contribution is 9.11. The molecule has 0 radical (unpaired) electrons. The van der Waals surface area contributed by atoms with E-state index >= 15 is 0 Å². The second-order valence-electron chi connectivity index (χ2n) is 2.18. The van der Waals surface area contributed by atoms with Crippen molar-refractivity contribution in [3.8, 4) is 0 Å². The Kier molecular flexibility index (Phi) is 2.18. The van der Waals surface area contributed by atoms with Gasteiger partial charge in [-0.05, 0) is 44.0 Å². The number of thiazole rings is 1. The van der Waals surface area contributed by atoms with Crippen molar-refractivity contribution in [3.63, 3.8) is 0 Å². The zero-order valence-electron chi connectivity index (χ0n) is 5.64. The van der Waals surface area contributed by atoms with E-state index in [1.165, 1.54) is 17.4 Å². The molecular formula is C7H2Br2FNS. The molecule has 0 unspecified atom stereocenters. The van der Waals surface area contributed by atoms with Gasteiger partial charge in [0.15, 0.2) is 3.92 Å². The Bertz CT molecular complexity index is 440. The van der Waals surface area contributed by atoms with Crippen LogP contribution in [0.4, 0.5) is 4.39 Å². The molecule has 62 valence electrons. The molecule has 0 atom stereocenters. The first-order valence-corrected chi connectivity index (χ1v) is 5.49. The van der Waals surface area contributed by atoms with Crippen molar-refractivity contribution in [2.75, 3.05) is 0 Å². The van der Waals surface area contributed by atoms with Gasteiger partial charge in [0.2, 0.25) is 0 Å². The summed E-state index contributed by atoms with van der Waals surface area (Å²) in [5.41, 5.74) is 0.806. The van der Waals surface area contributed by atoms with Crippen molar-refractivity contribution < 1.29 is 4.39 Å². The maximum absolute atomic E-state index is 13.0. The standard InChI is InChI=1S/C7H2Br2FNS/c8-5-3(10)1-2-4-6(5)12-7(9)11-4/h1-2H. The van der Waals surface area contributed by atoms with Crippen molar-refractivity contribution in [1.82, 2.24) is 4.98 Å². The molecule has 0 N–H and O–H groups in total. The molecule has 0 amide bonds. The van der Waals surface area contributed by atoms with Gasteiger partial charge in [-0.1, -0.05) is 0 Å². The van der Waals surface area contributed by atoms with Crippen LogP contribution in [-0.2, 0) is 0 Å². The Morgan fingerprint density at radius 2 is 2.08 bits per heavy atom. The second-order valence-corrected chi connectivity index (χ2v) is 5.24. The maximum atomic E-state index is 13.0. The molecule has 1 aromatic heterocycles. The SMILES string of the molecule is Fc1ccc2nc(Br)sc2c1Br. The summed E-state index contributed by atoms with van der Waals surface area (Å²) in [5, 5.41) is 0. The largest absolute Gasteiger partial charge is 0.229 e. The van der Waals surface area contributed by atoms with Gasteiger partial charge >= 0.3 is 0 Å². The minimum Gasteiger partial charge on any atom is -0.229 e. The Morgan fingerprint density at radius 3 is 2.83 bits per heavy atom. The van der Waals surface area contributed by atoms with Crippen molar-refractivity contribution in [2.24, 2.45) is 0 Å². The van der Waals surface area contributed by atoms with Crippen molar-refractivity contribution in [2.45, 2.75) is 0 Å². The molecule has 2 rings (SSSR count). The van der Waals surface area contributed by atoms with Crippen LogP contribution in [0.25, 0.3) is 10.2 Å². The van der Waals surface area contributed by atoms with E-state index in [-0.39, 0.29) is 5.82 Å². The smallest absolute Gasteiger partial charge is 0.160 e. The topological polar surface area (TPSA) is 12.9 Å². The number of hydrogen-bond donors (Lipinski definition) is 0. The lowest BCUT2D eigenvalue weighted by molar-refractivity contribution is 0.623. The van der Waals surface area contributed by atoms with Gasteiger partial charge < -0.3 is 0 Å². The molecule has 5 heteroatoms. The van der Waals surface area contributed by atoms with Crippen LogP contribution in [0.3, 0.4) is 0 Å². The van der Waals surface area contributed by atoms with Crippen LogP contribution in [0.5, 0.6) is 0 Å². The molecule has 0 fully saturated rings. The Balaban J connectivity index is 2.89. The monoisotopic (exact) mass is 309 g/mol. The summed E-state index contributed by atoms with van der Waals surface area (Å²) >= 11 is 7.83. The quantitative estimate of drug-likeness (QED) is 0.718. The Hall–Kier alpha value is -0.000000000000000111. The van der Waals surface area contributed by atoms with E-state index in [9.17, 15) is 4.39 Å². The van der Waals surface area contributed by atoms with Crippen LogP contribution >= 0.6 is 43.2 Å². The zero-order valence-corrected chi connectivity index (χ0v) is 9.63. The summed E-state index contributed by atoms with van der Waals surface area (Å²) in [6.45, 7) is 0. The third-order valence-electron chi connectivity index (χ3n) is 1.42. The molecule has 12 heavy (non-hydrogen) atoms. The number of nitrogens with zero attached hydrogens (tertiary/aromatic N) is 1. The van der Waals surface area contributed by atoms with Gasteiger partial charge in [-0.2, -0.15) is 0 Å². The number of aromatic nitrogens is 1. The number of rotatable bonds is 0. The van der Waals surface area contributed by atoms with Gasteiger partial charge in [-0.3, -0.25) is 0 Å². The fourth-order valence-electron chi connectivity index (χ4n) is 0.909. The van der Waals surface area contributed by atoms with E-state index < -0.39 is 0 Å². The van der Waals surface area contributed by atoms with Gasteiger partial charge in [0.1, 0.15) is 5.82 Å². The third-order valence-corrected chi connectivity index (χ3v) is 4.00. The molecular weight excluding hydrogens is 309 g/mol. The van der Waals surface area contributed by atoms with Crippen molar-refractivity contribution in [1.29, 1.82) is 0 Å². The van der Waals surface area contributed by atoms with E-state index in [1.54, 1.807) is 6.07 Å². The molecule has 0 aliphatic heterocycles. The lowest BCUT2D eigenvalue weighted by Crippen LogP contribution is -1.75. The summed E-state index contributed by atoms with van der Waals surface area (Å²) in [6, 6.07) is 3.06. The molecule has 0 aliphatic rings. The van der Waals surface area contributed by atoms with E-state index in [0.29, 0.717) is 4.47 Å². The number of hydrogen-bond acceptors (Lipinski definition) is 2. The fraction of sp³-hybridized carbons (Fsp3) is 0. The summed E-state index contributed by atoms with van der Waals surface area (Å²) in [4.78, 5) is 4.15. The summed E-state index contributed by atoms with van der Waals surface area (Å²) < 4.78 is 15.1. The summed E-state index contributed by atoms with van der Waals surface area (Å²) in [7, 11) is 0. The normalized spacial score (nSPS) is 10.9. The van der Waals surface area contributed by atoms with Crippen LogP contribution < -0.4 is 0 Å². The van der Waals surface area contributed by atoms with Gasteiger partial charge in [0, 0.05) is 0 Å². The number of benzene rings is 1. The third kappa shape index (κ3) is 1.30. The first kappa shape index (κ1) is 8.59. The minimum atomic E-state index is -0.251. The van der Waals surface area contributed by atoms with Gasteiger partial charge in [0.25, 0.3) is 0 Å². The molecule has 0 bridgehead atoms. The van der Waals surface area contributed by atoms with Crippen LogP contribution in [0, 0.1) is 5.82 Å². The predicted molar refractivity (Wildman–Crippen MR) is 55.0 cm³/mol. The predicted octanol–water partition coefficient (Wildman–Crippen LogP) is 3.96. The highest BCUT2D eigenvalue weighted by Gasteiger charge is 2.08. The molecule has 1 heterocycles. The Labute approximate surface area is 88.9 Å². The lowest BCUT2D eigenvalue weighted by atomic mass is 10.3. The first-order valence-electron chi connectivity index (χ1n) is 3.08. The molecule has 0 aliphatic carbocycles. The van der Waals surface area contributed by atoms with Gasteiger partial charge in [-0.15, -0.1) is 11.3 Å². The lowest BCUT2D eigenvalue weighted by Gasteiger charge is -1.92. The maximum Gasteiger partial charge on any atom is 0.160 e. The van der Waals surface area contributed by atoms with Crippen molar-refractivity contribution >= 4 is 53.4 Å². The molecule has 1 aromatic carbocycles. The van der Waals surface area contributed by atoms with Gasteiger partial charge in [0.05, 0.1) is 14.7 Å². The molecule has 2 aromatic rings. The van der Waals surface area contributed by atoms with Crippen LogP contribution in [-0.4, -0.2) is 4.98 Å². The first-order chi connectivity index (χ1) is 5.68. The van der Waals surface area contributed by atoms with E-state index in [4.69, 9.17) is 0 Å². The minimum absolute atomic E-state index is 0.251. The van der Waals surface area contributed by atoms with Crippen LogP contribution in [0.15, 0.2) is 20.5 Å². The Morgan fingerprint density at radius 1 is 1.33 bits per heavy atom. The number of fused-ring (bicyclic) bond motifs is 1. The molecule has 0 saturated heterocycles. The highest BCUT2D eigenvalue weighted by atomic mass is 79.9.